The summed E-state index contributed by atoms with van der Waals surface area (Å²) in [6.07, 6.45) is 13.0. The zero-order valence-electron chi connectivity index (χ0n) is 21.5. The van der Waals surface area contributed by atoms with Crippen molar-refractivity contribution in [3.05, 3.63) is 29.3 Å². The summed E-state index contributed by atoms with van der Waals surface area (Å²) in [5.41, 5.74) is 2.67. The third-order valence-electron chi connectivity index (χ3n) is 10.7. The molecule has 0 N–H and O–H groups in total. The molecule has 8 rings (SSSR count). The van der Waals surface area contributed by atoms with Crippen molar-refractivity contribution in [3.8, 4) is 5.75 Å². The number of ether oxygens (including phenoxy) is 2. The van der Waals surface area contributed by atoms with Crippen molar-refractivity contribution in [1.82, 2.24) is 4.90 Å². The topological polar surface area (TPSA) is 40.2 Å². The lowest BCUT2D eigenvalue weighted by molar-refractivity contribution is -0.385. The third kappa shape index (κ3) is 4.15. The Morgan fingerprint density at radius 3 is 2.51 bits per heavy atom. The van der Waals surface area contributed by atoms with Crippen LogP contribution in [0.5, 0.6) is 5.75 Å². The quantitative estimate of drug-likeness (QED) is 0.508. The van der Waals surface area contributed by atoms with E-state index in [1.54, 1.807) is 0 Å². The van der Waals surface area contributed by atoms with Crippen molar-refractivity contribution in [2.24, 2.45) is 23.7 Å². The summed E-state index contributed by atoms with van der Waals surface area (Å²) < 4.78 is 11.6. The van der Waals surface area contributed by atoms with Crippen LogP contribution in [0, 0.1) is 30.6 Å². The molecule has 192 valence electrons. The largest absolute Gasteiger partial charge is 0.492 e. The summed E-state index contributed by atoms with van der Waals surface area (Å²) in [5.74, 6) is 5.02. The summed E-state index contributed by atoms with van der Waals surface area (Å²) in [5, 5.41) is 0. The molecule has 35 heavy (non-hydrogen) atoms. The molecule has 2 spiro atoms. The van der Waals surface area contributed by atoms with Crippen LogP contribution < -0.4 is 4.74 Å². The molecule has 0 amide bonds. The van der Waals surface area contributed by atoms with Gasteiger partial charge in [-0.3, -0.25) is 4.90 Å². The minimum atomic E-state index is -0.0699. The van der Waals surface area contributed by atoms with Gasteiger partial charge < -0.3 is 9.47 Å². The molecular weight excluding hydrogens is 438 g/mol. The van der Waals surface area contributed by atoms with Gasteiger partial charge in [-0.25, -0.2) is 9.78 Å². The lowest BCUT2D eigenvalue weighted by Gasteiger charge is -2.58. The molecule has 0 unspecified atom stereocenters. The van der Waals surface area contributed by atoms with Crippen molar-refractivity contribution in [2.45, 2.75) is 88.3 Å². The van der Waals surface area contributed by atoms with Gasteiger partial charge in [0.2, 0.25) is 0 Å². The van der Waals surface area contributed by atoms with Crippen LogP contribution in [0.4, 0.5) is 0 Å². The second-order valence-electron chi connectivity index (χ2n) is 12.9. The molecule has 5 aliphatic carbocycles. The first-order valence-corrected chi connectivity index (χ1v) is 14.5. The minimum Gasteiger partial charge on any atom is -0.492 e. The molecule has 2 saturated heterocycles. The maximum absolute atomic E-state index is 6.50. The minimum absolute atomic E-state index is 0.0312. The van der Waals surface area contributed by atoms with Crippen LogP contribution in [0.2, 0.25) is 0 Å². The Hall–Kier alpha value is -1.14. The maximum Gasteiger partial charge on any atom is 0.122 e. The molecule has 4 bridgehead atoms. The molecule has 1 aromatic rings. The first kappa shape index (κ1) is 23.0. The molecular formula is C30H43NO4. The van der Waals surface area contributed by atoms with Crippen molar-refractivity contribution < 1.29 is 19.2 Å². The van der Waals surface area contributed by atoms with Gasteiger partial charge in [-0.1, -0.05) is 12.1 Å². The van der Waals surface area contributed by atoms with Crippen LogP contribution in [-0.4, -0.2) is 55.6 Å². The van der Waals surface area contributed by atoms with Gasteiger partial charge in [0.25, 0.3) is 0 Å². The number of aryl methyl sites for hydroxylation is 1. The normalized spacial score (nSPS) is 42.8. The maximum atomic E-state index is 6.50. The first-order valence-electron chi connectivity index (χ1n) is 14.5. The monoisotopic (exact) mass is 481 g/mol. The number of nitrogens with zero attached hydrogens (tertiary/aromatic N) is 1. The highest BCUT2D eigenvalue weighted by molar-refractivity contribution is 5.38. The highest BCUT2D eigenvalue weighted by atomic mass is 17.2. The number of hydrogen-bond donors (Lipinski definition) is 0. The van der Waals surface area contributed by atoms with E-state index in [-0.39, 0.29) is 11.2 Å². The van der Waals surface area contributed by atoms with Gasteiger partial charge >= 0.3 is 0 Å². The van der Waals surface area contributed by atoms with Crippen LogP contribution in [-0.2, 0) is 14.5 Å². The SMILES string of the molecule is Cc1cc([C@@H]2CCC[C@@]3(C2)CC2(OO3)C3CC4CC(C3)CC2C4)ccc1OCCN1CCOCC1. The molecule has 5 nitrogen and oxygen atoms in total. The van der Waals surface area contributed by atoms with Crippen molar-refractivity contribution in [3.63, 3.8) is 0 Å². The average Bonchev–Trinajstić information content (AvgIpc) is 3.23. The second kappa shape index (κ2) is 9.01. The Labute approximate surface area is 210 Å². The highest BCUT2D eigenvalue weighted by Crippen LogP contribution is 2.65. The van der Waals surface area contributed by atoms with Crippen LogP contribution in [0.1, 0.15) is 81.3 Å². The van der Waals surface area contributed by atoms with Crippen molar-refractivity contribution in [2.75, 3.05) is 39.5 Å². The molecule has 2 aliphatic heterocycles. The van der Waals surface area contributed by atoms with E-state index in [1.165, 1.54) is 62.5 Å². The van der Waals surface area contributed by atoms with E-state index in [2.05, 4.69) is 30.0 Å². The molecule has 2 atom stereocenters. The zero-order chi connectivity index (χ0) is 23.5. The second-order valence-corrected chi connectivity index (χ2v) is 12.9. The number of morpholine rings is 1. The molecule has 1 aromatic carbocycles. The van der Waals surface area contributed by atoms with E-state index < -0.39 is 0 Å². The van der Waals surface area contributed by atoms with Crippen molar-refractivity contribution >= 4 is 0 Å². The molecule has 5 heteroatoms. The Kier molecular flexibility index (Phi) is 5.92. The van der Waals surface area contributed by atoms with Crippen LogP contribution in [0.15, 0.2) is 18.2 Å². The summed E-state index contributed by atoms with van der Waals surface area (Å²) in [4.78, 5) is 15.4. The smallest absolute Gasteiger partial charge is 0.122 e. The van der Waals surface area contributed by atoms with Crippen molar-refractivity contribution in [1.29, 1.82) is 0 Å². The van der Waals surface area contributed by atoms with E-state index in [1.807, 2.05) is 0 Å². The van der Waals surface area contributed by atoms with Crippen LogP contribution >= 0.6 is 0 Å². The first-order chi connectivity index (χ1) is 17.1. The molecule has 7 aliphatic rings. The summed E-state index contributed by atoms with van der Waals surface area (Å²) in [6, 6.07) is 6.90. The fraction of sp³-hybridized carbons (Fsp3) is 0.800. The summed E-state index contributed by atoms with van der Waals surface area (Å²) >= 11 is 0. The molecule has 7 fully saturated rings. The highest BCUT2D eigenvalue weighted by Gasteiger charge is 2.65. The summed E-state index contributed by atoms with van der Waals surface area (Å²) in [7, 11) is 0. The third-order valence-corrected chi connectivity index (χ3v) is 10.7. The molecule has 0 radical (unpaired) electrons. The molecule has 0 aromatic heterocycles. The lowest BCUT2D eigenvalue weighted by Crippen LogP contribution is -2.58. The standard InChI is InChI=1S/C30H43NO4/c1-21-13-24(4-5-28(21)33-12-9-31-7-10-32-11-8-31)25-3-2-6-29(19-25)20-30(35-34-29)26-15-22-14-23(17-26)18-27(30)16-22/h4-5,13,22-23,25-27H,2-3,6-12,14-20H2,1H3/t22?,23?,25-,26?,27?,29-,30?/m1/s1. The van der Waals surface area contributed by atoms with Gasteiger partial charge in [0.15, 0.2) is 0 Å². The average molecular weight is 482 g/mol. The molecule has 2 heterocycles. The van der Waals surface area contributed by atoms with Gasteiger partial charge in [-0.15, -0.1) is 0 Å². The van der Waals surface area contributed by atoms with Gasteiger partial charge in [-0.2, -0.15) is 0 Å². The van der Waals surface area contributed by atoms with Gasteiger partial charge in [0, 0.05) is 26.1 Å². The Balaban J connectivity index is 1.01. The number of benzene rings is 1. The fourth-order valence-electron chi connectivity index (χ4n) is 9.18. The number of hydrogen-bond acceptors (Lipinski definition) is 5. The summed E-state index contributed by atoms with van der Waals surface area (Å²) in [6.45, 7) is 7.62. The van der Waals surface area contributed by atoms with Crippen LogP contribution in [0.3, 0.4) is 0 Å². The number of rotatable bonds is 5. The van der Waals surface area contributed by atoms with E-state index in [4.69, 9.17) is 19.2 Å². The van der Waals surface area contributed by atoms with E-state index in [0.717, 1.165) is 81.7 Å². The van der Waals surface area contributed by atoms with E-state index in [9.17, 15) is 0 Å². The molecule has 5 saturated carbocycles. The van der Waals surface area contributed by atoms with E-state index in [0.29, 0.717) is 5.92 Å². The van der Waals surface area contributed by atoms with Crippen LogP contribution in [0.25, 0.3) is 0 Å². The lowest BCUT2D eigenvalue weighted by atomic mass is 9.48. The van der Waals surface area contributed by atoms with Gasteiger partial charge in [0.1, 0.15) is 23.6 Å². The predicted molar refractivity (Wildman–Crippen MR) is 134 cm³/mol. The Morgan fingerprint density at radius 1 is 1.00 bits per heavy atom. The van der Waals surface area contributed by atoms with Gasteiger partial charge in [0.05, 0.1) is 13.2 Å². The fourth-order valence-corrected chi connectivity index (χ4v) is 9.18. The van der Waals surface area contributed by atoms with Gasteiger partial charge in [-0.05, 0) is 111 Å². The Morgan fingerprint density at radius 2 is 1.77 bits per heavy atom. The zero-order valence-corrected chi connectivity index (χ0v) is 21.5. The predicted octanol–water partition coefficient (Wildman–Crippen LogP) is 5.65. The Bertz CT molecular complexity index is 899. The van der Waals surface area contributed by atoms with E-state index >= 15 is 0 Å².